The van der Waals surface area contributed by atoms with Crippen LogP contribution in [0.1, 0.15) is 43.0 Å². The predicted molar refractivity (Wildman–Crippen MR) is 89.1 cm³/mol. The number of benzene rings is 1. The van der Waals surface area contributed by atoms with Gasteiger partial charge in [0.25, 0.3) is 5.91 Å². The second kappa shape index (κ2) is 7.94. The van der Waals surface area contributed by atoms with Crippen LogP contribution in [-0.2, 0) is 9.84 Å². The van der Waals surface area contributed by atoms with Gasteiger partial charge < -0.3 is 11.1 Å². The zero-order valence-corrected chi connectivity index (χ0v) is 14.3. The summed E-state index contributed by atoms with van der Waals surface area (Å²) in [5.41, 5.74) is 6.33. The SMILES string of the molecule is CCS(=O)(=O)c1ccc(C(=O)NC2CCC(N)CC2)cc1.Cl. The Hall–Kier alpha value is -1.11. The second-order valence-electron chi connectivity index (χ2n) is 5.51. The van der Waals surface area contributed by atoms with Gasteiger partial charge in [0.2, 0.25) is 0 Å². The van der Waals surface area contributed by atoms with Crippen LogP contribution in [0.25, 0.3) is 0 Å². The van der Waals surface area contributed by atoms with E-state index in [2.05, 4.69) is 5.32 Å². The Morgan fingerprint density at radius 3 is 2.23 bits per heavy atom. The summed E-state index contributed by atoms with van der Waals surface area (Å²) in [5.74, 6) is -0.100. The van der Waals surface area contributed by atoms with E-state index in [1.54, 1.807) is 19.1 Å². The van der Waals surface area contributed by atoms with Crippen molar-refractivity contribution in [1.82, 2.24) is 5.32 Å². The lowest BCUT2D eigenvalue weighted by Gasteiger charge is -2.26. The van der Waals surface area contributed by atoms with E-state index in [1.807, 2.05) is 0 Å². The molecule has 0 unspecified atom stereocenters. The minimum absolute atomic E-state index is 0. The minimum Gasteiger partial charge on any atom is -0.349 e. The summed E-state index contributed by atoms with van der Waals surface area (Å²) in [6.07, 6.45) is 3.65. The van der Waals surface area contributed by atoms with E-state index in [1.165, 1.54) is 12.1 Å². The van der Waals surface area contributed by atoms with Gasteiger partial charge in [0.1, 0.15) is 0 Å². The van der Waals surface area contributed by atoms with Crippen molar-refractivity contribution in [2.45, 2.75) is 49.6 Å². The molecule has 1 aromatic rings. The summed E-state index contributed by atoms with van der Waals surface area (Å²) in [4.78, 5) is 12.4. The number of carbonyl (C=O) groups is 1. The number of rotatable bonds is 4. The van der Waals surface area contributed by atoms with E-state index in [-0.39, 0.29) is 41.0 Å². The topological polar surface area (TPSA) is 89.3 Å². The fraction of sp³-hybridized carbons (Fsp3) is 0.533. The maximum absolute atomic E-state index is 12.1. The number of nitrogens with one attached hydrogen (secondary N) is 1. The summed E-state index contributed by atoms with van der Waals surface area (Å²) < 4.78 is 23.4. The fourth-order valence-electron chi connectivity index (χ4n) is 2.51. The van der Waals surface area contributed by atoms with E-state index in [4.69, 9.17) is 5.73 Å². The van der Waals surface area contributed by atoms with Crippen molar-refractivity contribution in [3.05, 3.63) is 29.8 Å². The van der Waals surface area contributed by atoms with Crippen molar-refractivity contribution in [2.75, 3.05) is 5.75 Å². The molecule has 124 valence electrons. The highest BCUT2D eigenvalue weighted by Gasteiger charge is 2.20. The summed E-state index contributed by atoms with van der Waals surface area (Å²) in [5, 5.41) is 2.98. The molecule has 0 aromatic heterocycles. The molecule has 0 bridgehead atoms. The van der Waals surface area contributed by atoms with E-state index >= 15 is 0 Å². The zero-order chi connectivity index (χ0) is 15.5. The van der Waals surface area contributed by atoms with Crippen LogP contribution in [0.5, 0.6) is 0 Å². The Morgan fingerprint density at radius 1 is 1.18 bits per heavy atom. The molecule has 5 nitrogen and oxygen atoms in total. The molecular weight excluding hydrogens is 324 g/mol. The molecule has 1 saturated carbocycles. The molecule has 2 rings (SSSR count). The van der Waals surface area contributed by atoms with Crippen molar-refractivity contribution in [3.8, 4) is 0 Å². The number of amides is 1. The number of hydrogen-bond donors (Lipinski definition) is 2. The van der Waals surface area contributed by atoms with Crippen LogP contribution in [-0.4, -0.2) is 32.2 Å². The number of sulfone groups is 1. The van der Waals surface area contributed by atoms with Gasteiger partial charge in [-0.1, -0.05) is 6.92 Å². The van der Waals surface area contributed by atoms with Crippen LogP contribution in [0.4, 0.5) is 0 Å². The number of halogens is 1. The quantitative estimate of drug-likeness (QED) is 0.871. The third-order valence-electron chi connectivity index (χ3n) is 3.96. The zero-order valence-electron chi connectivity index (χ0n) is 12.6. The Bertz CT molecular complexity index is 594. The molecule has 0 spiro atoms. The highest BCUT2D eigenvalue weighted by molar-refractivity contribution is 7.91. The van der Waals surface area contributed by atoms with Crippen molar-refractivity contribution in [2.24, 2.45) is 5.73 Å². The van der Waals surface area contributed by atoms with Gasteiger partial charge in [-0.15, -0.1) is 12.4 Å². The van der Waals surface area contributed by atoms with Crippen molar-refractivity contribution < 1.29 is 13.2 Å². The molecule has 3 N–H and O–H groups in total. The van der Waals surface area contributed by atoms with Gasteiger partial charge in [0.15, 0.2) is 9.84 Å². The summed E-state index contributed by atoms with van der Waals surface area (Å²) in [7, 11) is -3.22. The van der Waals surface area contributed by atoms with Crippen LogP contribution in [0.2, 0.25) is 0 Å². The second-order valence-corrected chi connectivity index (χ2v) is 7.79. The summed E-state index contributed by atoms with van der Waals surface area (Å²) in [6, 6.07) is 6.52. The van der Waals surface area contributed by atoms with Crippen LogP contribution in [0, 0.1) is 0 Å². The van der Waals surface area contributed by atoms with E-state index < -0.39 is 9.84 Å². The Labute approximate surface area is 138 Å². The third kappa shape index (κ3) is 4.69. The van der Waals surface area contributed by atoms with E-state index in [9.17, 15) is 13.2 Å². The largest absolute Gasteiger partial charge is 0.349 e. The van der Waals surface area contributed by atoms with Gasteiger partial charge in [-0.25, -0.2) is 8.42 Å². The molecule has 7 heteroatoms. The lowest BCUT2D eigenvalue weighted by Crippen LogP contribution is -2.40. The van der Waals surface area contributed by atoms with Crippen LogP contribution in [0.15, 0.2) is 29.2 Å². The average Bonchev–Trinajstić information content (AvgIpc) is 2.49. The molecule has 0 saturated heterocycles. The lowest BCUT2D eigenvalue weighted by atomic mass is 9.91. The molecule has 1 aliphatic carbocycles. The molecule has 1 aliphatic rings. The first kappa shape index (κ1) is 18.9. The normalized spacial score (nSPS) is 21.7. The lowest BCUT2D eigenvalue weighted by molar-refractivity contribution is 0.0926. The fourth-order valence-corrected chi connectivity index (χ4v) is 3.40. The maximum atomic E-state index is 12.1. The monoisotopic (exact) mass is 346 g/mol. The first-order valence-corrected chi connectivity index (χ1v) is 8.97. The van der Waals surface area contributed by atoms with Crippen LogP contribution in [0.3, 0.4) is 0 Å². The molecule has 1 amide bonds. The highest BCUT2D eigenvalue weighted by Crippen LogP contribution is 2.18. The van der Waals surface area contributed by atoms with Crippen LogP contribution >= 0.6 is 12.4 Å². The Balaban J connectivity index is 0.00000242. The smallest absolute Gasteiger partial charge is 0.251 e. The van der Waals surface area contributed by atoms with E-state index in [0.717, 1.165) is 25.7 Å². The highest BCUT2D eigenvalue weighted by atomic mass is 35.5. The first-order chi connectivity index (χ1) is 9.92. The molecule has 22 heavy (non-hydrogen) atoms. The molecule has 1 aromatic carbocycles. The summed E-state index contributed by atoms with van der Waals surface area (Å²) in [6.45, 7) is 1.60. The molecular formula is C15H23ClN2O3S. The van der Waals surface area contributed by atoms with Crippen LogP contribution < -0.4 is 11.1 Å². The molecule has 0 heterocycles. The van der Waals surface area contributed by atoms with Gasteiger partial charge in [0.05, 0.1) is 10.6 Å². The third-order valence-corrected chi connectivity index (χ3v) is 5.71. The molecule has 1 fully saturated rings. The van der Waals surface area contributed by atoms with Gasteiger partial charge in [0, 0.05) is 17.6 Å². The Morgan fingerprint density at radius 2 is 1.73 bits per heavy atom. The van der Waals surface area contributed by atoms with Crippen molar-refractivity contribution in [3.63, 3.8) is 0 Å². The Kier molecular flexibility index (Phi) is 6.84. The van der Waals surface area contributed by atoms with Gasteiger partial charge >= 0.3 is 0 Å². The minimum atomic E-state index is -3.22. The summed E-state index contributed by atoms with van der Waals surface area (Å²) >= 11 is 0. The standard InChI is InChI=1S/C15H22N2O3S.ClH/c1-2-21(19,20)14-9-3-11(4-10-14)15(18)17-13-7-5-12(16)6-8-13;/h3-4,9-10,12-13H,2,5-8,16H2,1H3,(H,17,18);1H. The molecule has 0 atom stereocenters. The average molecular weight is 347 g/mol. The number of nitrogens with two attached hydrogens (primary N) is 1. The molecule has 0 aliphatic heterocycles. The maximum Gasteiger partial charge on any atom is 0.251 e. The first-order valence-electron chi connectivity index (χ1n) is 7.31. The van der Waals surface area contributed by atoms with Crippen molar-refractivity contribution in [1.29, 1.82) is 0 Å². The number of carbonyl (C=O) groups excluding carboxylic acids is 1. The number of hydrogen-bond acceptors (Lipinski definition) is 4. The van der Waals surface area contributed by atoms with E-state index in [0.29, 0.717) is 5.56 Å². The predicted octanol–water partition coefficient (Wildman–Crippen LogP) is 1.90. The molecule has 0 radical (unpaired) electrons. The van der Waals surface area contributed by atoms with Crippen molar-refractivity contribution >= 4 is 28.2 Å². The van der Waals surface area contributed by atoms with Gasteiger partial charge in [-0.3, -0.25) is 4.79 Å². The van der Waals surface area contributed by atoms with Gasteiger partial charge in [-0.05, 0) is 49.9 Å². The van der Waals surface area contributed by atoms with Gasteiger partial charge in [-0.2, -0.15) is 0 Å².